The van der Waals surface area contributed by atoms with E-state index in [1.54, 1.807) is 11.1 Å². The summed E-state index contributed by atoms with van der Waals surface area (Å²) in [5, 5.41) is 5.12. The topological polar surface area (TPSA) is 81.2 Å². The predicted octanol–water partition coefficient (Wildman–Crippen LogP) is 3.03. The van der Waals surface area contributed by atoms with Crippen molar-refractivity contribution in [1.82, 2.24) is 14.8 Å². The van der Waals surface area contributed by atoms with Crippen LogP contribution in [0.1, 0.15) is 12.0 Å². The van der Waals surface area contributed by atoms with Gasteiger partial charge < -0.3 is 9.32 Å². The molecule has 1 aliphatic heterocycles. The zero-order valence-corrected chi connectivity index (χ0v) is 15.6. The van der Waals surface area contributed by atoms with Gasteiger partial charge in [-0.25, -0.2) is 4.79 Å². The lowest BCUT2D eigenvalue weighted by molar-refractivity contribution is -0.119. The molecule has 0 saturated carbocycles. The smallest absolute Gasteiger partial charge is 0.388 e. The fourth-order valence-electron chi connectivity index (χ4n) is 3.81. The average molecular weight is 386 g/mol. The second-order valence-corrected chi connectivity index (χ2v) is 6.98. The van der Waals surface area contributed by atoms with Crippen LogP contribution in [0.2, 0.25) is 0 Å². The van der Waals surface area contributed by atoms with E-state index in [1.807, 2.05) is 54.6 Å². The first-order chi connectivity index (χ1) is 14.2. The molecule has 3 heterocycles. The third-order valence-corrected chi connectivity index (χ3v) is 5.18. The minimum atomic E-state index is -0.653. The van der Waals surface area contributed by atoms with Gasteiger partial charge in [-0.1, -0.05) is 30.3 Å². The quantitative estimate of drug-likeness (QED) is 0.541. The van der Waals surface area contributed by atoms with Crippen molar-refractivity contribution in [3.8, 4) is 11.5 Å². The van der Waals surface area contributed by atoms with Crippen molar-refractivity contribution in [3.63, 3.8) is 0 Å². The molecule has 4 aromatic rings. The van der Waals surface area contributed by atoms with Crippen molar-refractivity contribution < 1.29 is 9.21 Å². The Balaban J connectivity index is 1.46. The van der Waals surface area contributed by atoms with Crippen molar-refractivity contribution in [2.24, 2.45) is 0 Å². The molecular weight excluding hydrogens is 368 g/mol. The van der Waals surface area contributed by atoms with Gasteiger partial charge in [-0.05, 0) is 42.7 Å². The van der Waals surface area contributed by atoms with E-state index in [1.165, 1.54) is 0 Å². The molecule has 0 N–H and O–H groups in total. The second kappa shape index (κ2) is 7.01. The summed E-state index contributed by atoms with van der Waals surface area (Å²) in [6.45, 7) is 0.462. The molecular formula is C22H18N4O3. The molecule has 144 valence electrons. The van der Waals surface area contributed by atoms with Gasteiger partial charge >= 0.3 is 5.76 Å². The van der Waals surface area contributed by atoms with Crippen LogP contribution in [-0.4, -0.2) is 27.2 Å². The standard InChI is InChI=1S/C22H18N4O3/c27-20(25-13-5-7-15-6-1-2-11-19(15)25)14-26-22(28)29-21(24-26)17-8-3-10-18-16(17)9-4-12-23-18/h1-4,6,8-12H,5,7,13-14H2. The Morgan fingerprint density at radius 1 is 1.07 bits per heavy atom. The number of aryl methyl sites for hydroxylation is 1. The van der Waals surface area contributed by atoms with Crippen LogP contribution in [0.4, 0.5) is 5.69 Å². The van der Waals surface area contributed by atoms with Gasteiger partial charge in [0.15, 0.2) is 0 Å². The highest BCUT2D eigenvalue weighted by atomic mass is 16.4. The van der Waals surface area contributed by atoms with Crippen molar-refractivity contribution in [2.45, 2.75) is 19.4 Å². The highest BCUT2D eigenvalue weighted by molar-refractivity contribution is 5.94. The van der Waals surface area contributed by atoms with Crippen LogP contribution in [0.25, 0.3) is 22.4 Å². The fourth-order valence-corrected chi connectivity index (χ4v) is 3.81. The van der Waals surface area contributed by atoms with Gasteiger partial charge in [0.2, 0.25) is 11.8 Å². The monoisotopic (exact) mass is 386 g/mol. The Hall–Kier alpha value is -3.74. The second-order valence-electron chi connectivity index (χ2n) is 6.98. The average Bonchev–Trinajstić information content (AvgIpc) is 3.12. The zero-order chi connectivity index (χ0) is 19.8. The number of hydrogen-bond acceptors (Lipinski definition) is 5. The lowest BCUT2D eigenvalue weighted by Gasteiger charge is -2.29. The summed E-state index contributed by atoms with van der Waals surface area (Å²) < 4.78 is 6.45. The third kappa shape index (κ3) is 3.10. The zero-order valence-electron chi connectivity index (χ0n) is 15.6. The molecule has 7 heteroatoms. The number of carbonyl (C=O) groups is 1. The van der Waals surface area contributed by atoms with Crippen LogP contribution < -0.4 is 10.7 Å². The van der Waals surface area contributed by atoms with E-state index in [-0.39, 0.29) is 18.3 Å². The number of aromatic nitrogens is 3. The van der Waals surface area contributed by atoms with Gasteiger partial charge in [-0.2, -0.15) is 4.68 Å². The maximum absolute atomic E-state index is 12.9. The Labute approximate surface area is 166 Å². The Kier molecular flexibility index (Phi) is 4.20. The first-order valence-corrected chi connectivity index (χ1v) is 9.51. The molecule has 2 aromatic carbocycles. The van der Waals surface area contributed by atoms with Crippen molar-refractivity contribution >= 4 is 22.5 Å². The highest BCUT2D eigenvalue weighted by Gasteiger charge is 2.24. The lowest BCUT2D eigenvalue weighted by atomic mass is 10.0. The maximum Gasteiger partial charge on any atom is 0.437 e. The predicted molar refractivity (Wildman–Crippen MR) is 109 cm³/mol. The number of hydrogen-bond donors (Lipinski definition) is 0. The Bertz CT molecular complexity index is 1270. The van der Waals surface area contributed by atoms with Gasteiger partial charge in [0, 0.05) is 29.4 Å². The van der Waals surface area contributed by atoms with Crippen LogP contribution in [0.3, 0.4) is 0 Å². The minimum absolute atomic E-state index is 0.167. The lowest BCUT2D eigenvalue weighted by Crippen LogP contribution is -2.39. The van der Waals surface area contributed by atoms with E-state index in [9.17, 15) is 9.59 Å². The van der Waals surface area contributed by atoms with Crippen molar-refractivity contribution in [2.75, 3.05) is 11.4 Å². The molecule has 29 heavy (non-hydrogen) atoms. The molecule has 5 rings (SSSR count). The first-order valence-electron chi connectivity index (χ1n) is 9.51. The highest BCUT2D eigenvalue weighted by Crippen LogP contribution is 2.27. The summed E-state index contributed by atoms with van der Waals surface area (Å²) in [4.78, 5) is 31.3. The molecule has 0 aliphatic carbocycles. The molecule has 1 amide bonds. The van der Waals surface area contributed by atoms with Gasteiger partial charge in [0.05, 0.1) is 5.52 Å². The van der Waals surface area contributed by atoms with Crippen molar-refractivity contribution in [3.05, 3.63) is 76.9 Å². The summed E-state index contributed by atoms with van der Waals surface area (Å²) in [5.41, 5.74) is 3.50. The first kappa shape index (κ1) is 17.4. The molecule has 2 aromatic heterocycles. The van der Waals surface area contributed by atoms with Crippen LogP contribution in [-0.2, 0) is 17.8 Å². The molecule has 0 spiro atoms. The Morgan fingerprint density at radius 3 is 2.90 bits per heavy atom. The van der Waals surface area contributed by atoms with Crippen LogP contribution >= 0.6 is 0 Å². The van der Waals surface area contributed by atoms with Gasteiger partial charge in [-0.3, -0.25) is 9.78 Å². The molecule has 0 saturated heterocycles. The number of fused-ring (bicyclic) bond motifs is 2. The van der Waals surface area contributed by atoms with Gasteiger partial charge in [-0.15, -0.1) is 5.10 Å². The van der Waals surface area contributed by atoms with Gasteiger partial charge in [0.25, 0.3) is 0 Å². The number of benzene rings is 2. The summed E-state index contributed by atoms with van der Waals surface area (Å²) in [6.07, 6.45) is 3.55. The molecule has 0 unspecified atom stereocenters. The van der Waals surface area contributed by atoms with Crippen LogP contribution in [0.15, 0.2) is 70.0 Å². The number of para-hydroxylation sites is 1. The van der Waals surface area contributed by atoms with E-state index in [0.717, 1.165) is 39.7 Å². The minimum Gasteiger partial charge on any atom is -0.388 e. The van der Waals surface area contributed by atoms with Gasteiger partial charge in [0.1, 0.15) is 6.54 Å². The third-order valence-electron chi connectivity index (χ3n) is 5.18. The molecule has 1 aliphatic rings. The molecule has 0 fully saturated rings. The van der Waals surface area contributed by atoms with E-state index in [0.29, 0.717) is 12.1 Å². The molecule has 0 radical (unpaired) electrons. The fraction of sp³-hybridized carbons (Fsp3) is 0.182. The largest absolute Gasteiger partial charge is 0.437 e. The number of carbonyl (C=O) groups excluding carboxylic acids is 1. The number of nitrogens with zero attached hydrogens (tertiary/aromatic N) is 4. The molecule has 7 nitrogen and oxygen atoms in total. The summed E-state index contributed by atoms with van der Waals surface area (Å²) in [5.74, 6) is -0.654. The van der Waals surface area contributed by atoms with Crippen LogP contribution in [0.5, 0.6) is 0 Å². The summed E-state index contributed by atoms with van der Waals surface area (Å²) in [7, 11) is 0. The number of anilines is 1. The summed E-state index contributed by atoms with van der Waals surface area (Å²) in [6, 6.07) is 17.1. The SMILES string of the molecule is O=C(Cn1nc(-c2cccc3ncccc23)oc1=O)N1CCCc2ccccc21. The number of pyridine rings is 1. The molecule has 0 atom stereocenters. The Morgan fingerprint density at radius 2 is 1.97 bits per heavy atom. The maximum atomic E-state index is 12.9. The molecule has 0 bridgehead atoms. The normalized spacial score (nSPS) is 13.4. The van der Waals surface area contributed by atoms with Crippen molar-refractivity contribution in [1.29, 1.82) is 0 Å². The van der Waals surface area contributed by atoms with E-state index >= 15 is 0 Å². The number of rotatable bonds is 3. The summed E-state index contributed by atoms with van der Waals surface area (Å²) >= 11 is 0. The van der Waals surface area contributed by atoms with Crippen LogP contribution in [0, 0.1) is 0 Å². The number of amides is 1. The van der Waals surface area contributed by atoms with E-state index < -0.39 is 5.76 Å². The van der Waals surface area contributed by atoms with E-state index in [2.05, 4.69) is 10.1 Å². The van der Waals surface area contributed by atoms with E-state index in [4.69, 9.17) is 4.42 Å².